The van der Waals surface area contributed by atoms with Crippen LogP contribution in [0.3, 0.4) is 0 Å². The van der Waals surface area contributed by atoms with Crippen molar-refractivity contribution < 1.29 is 23.6 Å². The van der Waals surface area contributed by atoms with Crippen LogP contribution in [0.2, 0.25) is 0 Å². The molecule has 0 saturated carbocycles. The van der Waals surface area contributed by atoms with Gasteiger partial charge in [-0.1, -0.05) is 17.3 Å². The third kappa shape index (κ3) is 3.68. The fourth-order valence-electron chi connectivity index (χ4n) is 4.39. The minimum absolute atomic E-state index is 0.0505. The average molecular weight is 460 g/mol. The number of piperazine rings is 1. The number of fused-ring (bicyclic) bond motifs is 1. The lowest BCUT2D eigenvalue weighted by Crippen LogP contribution is -2.50. The summed E-state index contributed by atoms with van der Waals surface area (Å²) in [5.74, 6) is 0.980. The third-order valence-corrected chi connectivity index (χ3v) is 6.15. The quantitative estimate of drug-likeness (QED) is 0.496. The molecular formula is C25H24N4O5. The predicted molar refractivity (Wildman–Crippen MR) is 124 cm³/mol. The first kappa shape index (κ1) is 21.7. The highest BCUT2D eigenvalue weighted by molar-refractivity contribution is 6.07. The highest BCUT2D eigenvalue weighted by atomic mass is 16.5. The number of aromatic hydroxyl groups is 1. The van der Waals surface area contributed by atoms with Crippen LogP contribution in [0.4, 0.5) is 0 Å². The molecule has 1 saturated heterocycles. The van der Waals surface area contributed by atoms with E-state index in [1.807, 2.05) is 19.9 Å². The van der Waals surface area contributed by atoms with E-state index in [1.54, 1.807) is 41.0 Å². The van der Waals surface area contributed by atoms with Crippen molar-refractivity contribution in [3.8, 4) is 17.0 Å². The third-order valence-electron chi connectivity index (χ3n) is 6.15. The van der Waals surface area contributed by atoms with Crippen LogP contribution in [0.1, 0.15) is 37.9 Å². The van der Waals surface area contributed by atoms with Crippen molar-refractivity contribution in [3.63, 3.8) is 0 Å². The summed E-state index contributed by atoms with van der Waals surface area (Å²) in [5, 5.41) is 14.6. The molecule has 0 unspecified atom stereocenters. The normalized spacial score (nSPS) is 14.1. The molecule has 1 aliphatic rings. The summed E-state index contributed by atoms with van der Waals surface area (Å²) in [4.78, 5) is 34.3. The molecule has 9 heteroatoms. The number of para-hydroxylation sites is 1. The van der Waals surface area contributed by atoms with Crippen molar-refractivity contribution in [3.05, 3.63) is 64.7 Å². The molecule has 4 aromatic rings. The Morgan fingerprint density at radius 3 is 2.21 bits per heavy atom. The van der Waals surface area contributed by atoms with Crippen LogP contribution in [0, 0.1) is 20.8 Å². The largest absolute Gasteiger partial charge is 0.507 e. The Kier molecular flexibility index (Phi) is 5.31. The van der Waals surface area contributed by atoms with E-state index in [0.717, 1.165) is 11.3 Å². The number of benzene rings is 1. The van der Waals surface area contributed by atoms with Crippen LogP contribution >= 0.6 is 0 Å². The van der Waals surface area contributed by atoms with Crippen molar-refractivity contribution in [1.29, 1.82) is 0 Å². The first-order valence-corrected chi connectivity index (χ1v) is 11.0. The van der Waals surface area contributed by atoms with Crippen LogP contribution in [0.15, 0.2) is 45.3 Å². The number of phenolic OH excluding ortho intramolecular Hbond substituents is 1. The molecule has 34 heavy (non-hydrogen) atoms. The standard InChI is InChI=1S/C25H24N4O5/c1-14-12-18(16(3)33-14)20-13-19(22-15(2)27-34-23(22)26-20)25(32)29-10-8-28(9-11-29)24(31)17-6-4-5-7-21(17)30/h4-7,12-13,30H,8-11H2,1-3H3. The van der Waals surface area contributed by atoms with Gasteiger partial charge in [-0.3, -0.25) is 9.59 Å². The molecule has 2 amide bonds. The zero-order valence-corrected chi connectivity index (χ0v) is 19.2. The summed E-state index contributed by atoms with van der Waals surface area (Å²) >= 11 is 0. The summed E-state index contributed by atoms with van der Waals surface area (Å²) in [6.45, 7) is 6.94. The molecule has 1 N–H and O–H groups in total. The summed E-state index contributed by atoms with van der Waals surface area (Å²) < 4.78 is 11.1. The van der Waals surface area contributed by atoms with Crippen molar-refractivity contribution in [2.24, 2.45) is 0 Å². The SMILES string of the molecule is Cc1cc(-c2cc(C(=O)N3CCN(C(=O)c4ccccc4O)CC3)c3c(C)noc3n2)c(C)o1. The van der Waals surface area contributed by atoms with Gasteiger partial charge in [0.1, 0.15) is 17.3 Å². The molecule has 0 radical (unpaired) electrons. The highest BCUT2D eigenvalue weighted by Gasteiger charge is 2.29. The second-order valence-electron chi connectivity index (χ2n) is 8.43. The number of phenols is 1. The van der Waals surface area contributed by atoms with E-state index in [2.05, 4.69) is 10.1 Å². The van der Waals surface area contributed by atoms with E-state index in [-0.39, 0.29) is 23.1 Å². The van der Waals surface area contributed by atoms with Gasteiger partial charge in [-0.15, -0.1) is 0 Å². The number of hydrogen-bond acceptors (Lipinski definition) is 7. The van der Waals surface area contributed by atoms with Gasteiger partial charge in [0.15, 0.2) is 0 Å². The fraction of sp³-hybridized carbons (Fsp3) is 0.280. The second-order valence-corrected chi connectivity index (χ2v) is 8.43. The molecule has 1 aromatic carbocycles. The molecule has 0 bridgehead atoms. The van der Waals surface area contributed by atoms with Crippen LogP contribution in [0.5, 0.6) is 5.75 Å². The van der Waals surface area contributed by atoms with Gasteiger partial charge in [0.2, 0.25) is 0 Å². The smallest absolute Gasteiger partial charge is 0.259 e. The Balaban J connectivity index is 1.42. The minimum atomic E-state index is -0.250. The van der Waals surface area contributed by atoms with Crippen molar-refractivity contribution in [2.45, 2.75) is 20.8 Å². The number of pyridine rings is 1. The topological polar surface area (TPSA) is 113 Å². The van der Waals surface area contributed by atoms with Gasteiger partial charge >= 0.3 is 0 Å². The molecule has 0 spiro atoms. The van der Waals surface area contributed by atoms with Crippen molar-refractivity contribution in [2.75, 3.05) is 26.2 Å². The summed E-state index contributed by atoms with van der Waals surface area (Å²) in [7, 11) is 0. The lowest BCUT2D eigenvalue weighted by atomic mass is 10.0. The van der Waals surface area contributed by atoms with E-state index in [1.165, 1.54) is 6.07 Å². The molecule has 1 fully saturated rings. The molecule has 5 rings (SSSR count). The number of nitrogens with zero attached hydrogens (tertiary/aromatic N) is 4. The molecule has 1 aliphatic heterocycles. The maximum Gasteiger partial charge on any atom is 0.259 e. The minimum Gasteiger partial charge on any atom is -0.507 e. The van der Waals surface area contributed by atoms with E-state index >= 15 is 0 Å². The predicted octanol–water partition coefficient (Wildman–Crippen LogP) is 3.71. The molecule has 0 aliphatic carbocycles. The monoisotopic (exact) mass is 460 g/mol. The zero-order chi connectivity index (χ0) is 24.0. The van der Waals surface area contributed by atoms with E-state index in [4.69, 9.17) is 8.94 Å². The molecule has 9 nitrogen and oxygen atoms in total. The van der Waals surface area contributed by atoms with Gasteiger partial charge in [0.25, 0.3) is 17.5 Å². The Morgan fingerprint density at radius 2 is 1.59 bits per heavy atom. The number of amides is 2. The Hall–Kier alpha value is -4.14. The van der Waals surface area contributed by atoms with Crippen LogP contribution in [-0.4, -0.2) is 63.0 Å². The van der Waals surface area contributed by atoms with Gasteiger partial charge in [-0.25, -0.2) is 4.98 Å². The zero-order valence-electron chi connectivity index (χ0n) is 19.2. The summed E-state index contributed by atoms with van der Waals surface area (Å²) in [6, 6.07) is 10.1. The Morgan fingerprint density at radius 1 is 0.941 bits per heavy atom. The van der Waals surface area contributed by atoms with Gasteiger partial charge < -0.3 is 23.8 Å². The first-order valence-electron chi connectivity index (χ1n) is 11.0. The lowest BCUT2D eigenvalue weighted by molar-refractivity contribution is 0.0534. The molecule has 3 aromatic heterocycles. The Bertz CT molecular complexity index is 1410. The van der Waals surface area contributed by atoms with Crippen LogP contribution in [0.25, 0.3) is 22.4 Å². The fourth-order valence-corrected chi connectivity index (χ4v) is 4.39. The molecule has 0 atom stereocenters. The summed E-state index contributed by atoms with van der Waals surface area (Å²) in [6.07, 6.45) is 0. The molecule has 4 heterocycles. The van der Waals surface area contributed by atoms with Gasteiger partial charge in [-0.2, -0.15) is 0 Å². The second kappa shape index (κ2) is 8.33. The van der Waals surface area contributed by atoms with E-state index < -0.39 is 0 Å². The highest BCUT2D eigenvalue weighted by Crippen LogP contribution is 2.31. The first-order chi connectivity index (χ1) is 16.3. The average Bonchev–Trinajstić information content (AvgIpc) is 3.39. The van der Waals surface area contributed by atoms with Gasteiger partial charge in [0, 0.05) is 31.7 Å². The number of carbonyl (C=O) groups excluding carboxylic acids is 2. The number of hydrogen-bond donors (Lipinski definition) is 1. The van der Waals surface area contributed by atoms with Crippen molar-refractivity contribution in [1.82, 2.24) is 19.9 Å². The molecular weight excluding hydrogens is 436 g/mol. The van der Waals surface area contributed by atoms with Crippen LogP contribution < -0.4 is 0 Å². The Labute approximate surface area is 195 Å². The summed E-state index contributed by atoms with van der Waals surface area (Å²) in [5.41, 5.74) is 2.97. The molecule has 174 valence electrons. The number of carbonyl (C=O) groups is 2. The number of rotatable bonds is 3. The maximum atomic E-state index is 13.6. The van der Waals surface area contributed by atoms with Gasteiger partial charge in [0.05, 0.1) is 27.9 Å². The van der Waals surface area contributed by atoms with Gasteiger partial charge in [-0.05, 0) is 45.0 Å². The number of aromatic nitrogens is 2. The number of furan rings is 1. The maximum absolute atomic E-state index is 13.6. The van der Waals surface area contributed by atoms with E-state index in [9.17, 15) is 14.7 Å². The van der Waals surface area contributed by atoms with Crippen molar-refractivity contribution >= 4 is 22.9 Å². The number of aryl methyl sites for hydroxylation is 3. The van der Waals surface area contributed by atoms with Crippen LogP contribution in [-0.2, 0) is 0 Å². The lowest BCUT2D eigenvalue weighted by Gasteiger charge is -2.35. The van der Waals surface area contributed by atoms with E-state index in [0.29, 0.717) is 60.0 Å².